The zero-order valence-electron chi connectivity index (χ0n) is 19.3. The van der Waals surface area contributed by atoms with Gasteiger partial charge in [0, 0.05) is 18.6 Å². The van der Waals surface area contributed by atoms with Crippen LogP contribution in [0.15, 0.2) is 54.6 Å². The van der Waals surface area contributed by atoms with E-state index >= 15 is 0 Å². The first kappa shape index (κ1) is 24.1. The highest BCUT2D eigenvalue weighted by Crippen LogP contribution is 2.38. The van der Waals surface area contributed by atoms with Crippen molar-refractivity contribution < 1.29 is 14.6 Å². The summed E-state index contributed by atoms with van der Waals surface area (Å²) in [6, 6.07) is 18.3. The van der Waals surface area contributed by atoms with Crippen LogP contribution in [-0.4, -0.2) is 40.7 Å². The Bertz CT molecular complexity index is 793. The van der Waals surface area contributed by atoms with Gasteiger partial charge in [-0.25, -0.2) is 0 Å². The number of hydrogen-bond donors (Lipinski definition) is 1. The number of aliphatic hydroxyl groups is 1. The van der Waals surface area contributed by atoms with Gasteiger partial charge < -0.3 is 9.84 Å². The Labute approximate surface area is 181 Å². The third-order valence-corrected chi connectivity index (χ3v) is 5.63. The van der Waals surface area contributed by atoms with Crippen LogP contribution < -0.4 is 0 Å². The van der Waals surface area contributed by atoms with Crippen molar-refractivity contribution in [2.24, 2.45) is 0 Å². The van der Waals surface area contributed by atoms with Crippen molar-refractivity contribution in [1.29, 1.82) is 0 Å². The molecule has 30 heavy (non-hydrogen) atoms. The molecule has 0 aliphatic heterocycles. The Hall–Kier alpha value is -2.17. The van der Waals surface area contributed by atoms with Crippen LogP contribution in [0, 0.1) is 0 Å². The van der Waals surface area contributed by atoms with Crippen molar-refractivity contribution >= 4 is 5.97 Å². The van der Waals surface area contributed by atoms with Crippen LogP contribution in [-0.2, 0) is 21.6 Å². The molecule has 1 N–H and O–H groups in total. The highest BCUT2D eigenvalue weighted by molar-refractivity contribution is 5.88. The quantitative estimate of drug-likeness (QED) is 0.564. The summed E-state index contributed by atoms with van der Waals surface area (Å²) >= 11 is 0. The third-order valence-electron chi connectivity index (χ3n) is 5.63. The molecule has 0 saturated heterocycles. The molecule has 2 rings (SSSR count). The molecule has 2 aromatic rings. The molecule has 0 aliphatic carbocycles. The van der Waals surface area contributed by atoms with Gasteiger partial charge in [0.1, 0.15) is 5.41 Å². The van der Waals surface area contributed by atoms with Crippen LogP contribution in [0.25, 0.3) is 0 Å². The highest BCUT2D eigenvalue weighted by atomic mass is 16.5. The van der Waals surface area contributed by atoms with Crippen LogP contribution in [0.4, 0.5) is 0 Å². The van der Waals surface area contributed by atoms with Gasteiger partial charge in [-0.3, -0.25) is 9.69 Å². The Morgan fingerprint density at radius 3 is 2.07 bits per heavy atom. The number of ether oxygens (including phenoxy) is 1. The van der Waals surface area contributed by atoms with E-state index in [-0.39, 0.29) is 18.7 Å². The Morgan fingerprint density at radius 2 is 1.53 bits per heavy atom. The molecule has 0 bridgehead atoms. The van der Waals surface area contributed by atoms with Crippen molar-refractivity contribution in [1.82, 2.24) is 4.90 Å². The van der Waals surface area contributed by atoms with Crippen LogP contribution in [0.5, 0.6) is 0 Å². The van der Waals surface area contributed by atoms with Gasteiger partial charge in [-0.05, 0) is 64.7 Å². The Kier molecular flexibility index (Phi) is 8.63. The number of esters is 1. The predicted octanol–water partition coefficient (Wildman–Crippen LogP) is 4.93. The van der Waals surface area contributed by atoms with Gasteiger partial charge in [-0.15, -0.1) is 0 Å². The lowest BCUT2D eigenvalue weighted by Gasteiger charge is -2.38. The lowest BCUT2D eigenvalue weighted by molar-refractivity contribution is -0.153. The lowest BCUT2D eigenvalue weighted by atomic mass is 9.71. The van der Waals surface area contributed by atoms with Crippen molar-refractivity contribution in [3.63, 3.8) is 0 Å². The summed E-state index contributed by atoms with van der Waals surface area (Å²) in [7, 11) is 0. The third kappa shape index (κ3) is 5.50. The van der Waals surface area contributed by atoms with E-state index in [1.165, 1.54) is 0 Å². The van der Waals surface area contributed by atoms with E-state index in [9.17, 15) is 9.90 Å². The van der Waals surface area contributed by atoms with Crippen molar-refractivity contribution in [2.75, 3.05) is 6.54 Å². The smallest absolute Gasteiger partial charge is 0.321 e. The largest absolute Gasteiger partial charge is 0.462 e. The van der Waals surface area contributed by atoms with Gasteiger partial charge in [0.2, 0.25) is 0 Å². The summed E-state index contributed by atoms with van der Waals surface area (Å²) in [6.45, 7) is 13.2. The Morgan fingerprint density at radius 1 is 0.933 bits per heavy atom. The fourth-order valence-electron chi connectivity index (χ4n) is 4.18. The summed E-state index contributed by atoms with van der Waals surface area (Å²) in [4.78, 5) is 16.1. The van der Waals surface area contributed by atoms with E-state index in [0.717, 1.165) is 23.2 Å². The molecule has 0 aromatic heterocycles. The number of nitrogens with zero attached hydrogens (tertiary/aromatic N) is 1. The molecule has 0 fully saturated rings. The summed E-state index contributed by atoms with van der Waals surface area (Å²) in [5, 5.41) is 9.72. The fraction of sp³-hybridized carbons (Fsp3) is 0.500. The first-order valence-electron chi connectivity index (χ1n) is 10.9. The number of rotatable bonds is 10. The van der Waals surface area contributed by atoms with Crippen LogP contribution in [0.2, 0.25) is 0 Å². The predicted molar refractivity (Wildman–Crippen MR) is 122 cm³/mol. The van der Waals surface area contributed by atoms with Crippen LogP contribution in [0.3, 0.4) is 0 Å². The number of benzene rings is 2. The average Bonchev–Trinajstić information content (AvgIpc) is 2.70. The normalized spacial score (nSPS) is 13.8. The minimum absolute atomic E-state index is 0.0674. The van der Waals surface area contributed by atoms with E-state index in [1.807, 2.05) is 68.4 Å². The molecule has 0 amide bonds. The van der Waals surface area contributed by atoms with Gasteiger partial charge in [-0.2, -0.15) is 0 Å². The molecule has 0 heterocycles. The first-order chi connectivity index (χ1) is 14.2. The molecule has 2 aromatic carbocycles. The van der Waals surface area contributed by atoms with Gasteiger partial charge in [0.25, 0.3) is 0 Å². The summed E-state index contributed by atoms with van der Waals surface area (Å²) in [5.41, 5.74) is 1.62. The summed E-state index contributed by atoms with van der Waals surface area (Å²) in [5.74, 6) is -0.244. The van der Waals surface area contributed by atoms with Gasteiger partial charge in [0.05, 0.1) is 12.7 Å². The topological polar surface area (TPSA) is 49.8 Å². The highest BCUT2D eigenvalue weighted by Gasteiger charge is 2.44. The summed E-state index contributed by atoms with van der Waals surface area (Å²) in [6.07, 6.45) is 0.376. The molecule has 0 aliphatic rings. The fourth-order valence-corrected chi connectivity index (χ4v) is 4.18. The first-order valence-corrected chi connectivity index (χ1v) is 10.9. The maximum absolute atomic E-state index is 13.7. The maximum Gasteiger partial charge on any atom is 0.321 e. The molecule has 164 valence electrons. The molecular formula is C26H37NO3. The van der Waals surface area contributed by atoms with E-state index in [0.29, 0.717) is 18.5 Å². The summed E-state index contributed by atoms with van der Waals surface area (Å²) < 4.78 is 5.83. The number of hydrogen-bond acceptors (Lipinski definition) is 4. The van der Waals surface area contributed by atoms with Crippen molar-refractivity contribution in [2.45, 2.75) is 78.2 Å². The SMILES string of the molecule is CC(C)OC(=O)C(CCN(C(C)C)C(C)C)(c1ccccc1)c1cccc(CO)c1. The molecule has 1 atom stereocenters. The second kappa shape index (κ2) is 10.7. The van der Waals surface area contributed by atoms with E-state index < -0.39 is 5.41 Å². The molecule has 1 unspecified atom stereocenters. The van der Waals surface area contributed by atoms with Gasteiger partial charge >= 0.3 is 5.97 Å². The van der Waals surface area contributed by atoms with Gasteiger partial charge in [-0.1, -0.05) is 54.6 Å². The number of carbonyl (C=O) groups excluding carboxylic acids is 1. The molecule has 0 spiro atoms. The van der Waals surface area contributed by atoms with E-state index in [4.69, 9.17) is 4.74 Å². The zero-order valence-corrected chi connectivity index (χ0v) is 19.3. The Balaban J connectivity index is 2.66. The maximum atomic E-state index is 13.7. The van der Waals surface area contributed by atoms with Gasteiger partial charge in [0.15, 0.2) is 0 Å². The van der Waals surface area contributed by atoms with Crippen molar-refractivity contribution in [3.05, 3.63) is 71.3 Å². The minimum atomic E-state index is -0.946. The van der Waals surface area contributed by atoms with E-state index in [1.54, 1.807) is 0 Å². The second-order valence-electron chi connectivity index (χ2n) is 8.76. The zero-order chi connectivity index (χ0) is 22.3. The van der Waals surface area contributed by atoms with Crippen molar-refractivity contribution in [3.8, 4) is 0 Å². The molecular weight excluding hydrogens is 374 g/mol. The lowest BCUT2D eigenvalue weighted by Crippen LogP contribution is -2.45. The average molecular weight is 412 g/mol. The minimum Gasteiger partial charge on any atom is -0.462 e. The molecule has 0 radical (unpaired) electrons. The monoisotopic (exact) mass is 411 g/mol. The molecule has 4 nitrogen and oxygen atoms in total. The second-order valence-corrected chi connectivity index (χ2v) is 8.76. The molecule has 0 saturated carbocycles. The van der Waals surface area contributed by atoms with E-state index in [2.05, 4.69) is 32.6 Å². The number of aliphatic hydroxyl groups excluding tert-OH is 1. The molecule has 4 heteroatoms. The number of carbonyl (C=O) groups is 1. The standard InChI is InChI=1S/C26H37NO3/c1-19(2)27(20(3)4)16-15-26(25(29)30-21(5)6,23-12-8-7-9-13-23)24-14-10-11-22(17-24)18-28/h7-14,17,19-21,28H,15-16,18H2,1-6H3. The van der Waals surface area contributed by atoms with Crippen LogP contribution in [0.1, 0.15) is 64.7 Å². The van der Waals surface area contributed by atoms with Crippen LogP contribution >= 0.6 is 0 Å².